The summed E-state index contributed by atoms with van der Waals surface area (Å²) in [6.07, 6.45) is -0.545. The van der Waals surface area contributed by atoms with Crippen LogP contribution in [-0.4, -0.2) is 31.1 Å². The van der Waals surface area contributed by atoms with Gasteiger partial charge in [-0.1, -0.05) is 30.3 Å². The number of hydrogen-bond donors (Lipinski definition) is 1. The maximum absolute atomic E-state index is 12.9. The first-order valence-electron chi connectivity index (χ1n) is 7.84. The molecule has 0 saturated carbocycles. The average molecular weight is 345 g/mol. The number of amides is 1. The molecule has 1 amide bonds. The van der Waals surface area contributed by atoms with Crippen molar-refractivity contribution in [3.63, 3.8) is 0 Å². The Morgan fingerprint density at radius 1 is 1.08 bits per heavy atom. The largest absolute Gasteiger partial charge is 0.481 e. The van der Waals surface area contributed by atoms with Crippen molar-refractivity contribution in [1.29, 1.82) is 0 Å². The van der Waals surface area contributed by atoms with Crippen LogP contribution in [0, 0.1) is 5.82 Å². The minimum Gasteiger partial charge on any atom is -0.481 e. The molecule has 0 saturated heterocycles. The number of nitrogens with one attached hydrogen (secondary N) is 1. The summed E-state index contributed by atoms with van der Waals surface area (Å²) in [5, 5.41) is 2.64. The van der Waals surface area contributed by atoms with Gasteiger partial charge in [0.2, 0.25) is 0 Å². The highest BCUT2D eigenvalue weighted by Gasteiger charge is 2.25. The molecule has 2 atom stereocenters. The first kappa shape index (κ1) is 18.4. The van der Waals surface area contributed by atoms with Gasteiger partial charge in [0.05, 0.1) is 7.11 Å². The maximum Gasteiger partial charge on any atom is 0.328 e. The first-order valence-corrected chi connectivity index (χ1v) is 7.84. The molecule has 2 aromatic rings. The molecule has 2 rings (SSSR count). The predicted molar refractivity (Wildman–Crippen MR) is 90.6 cm³/mol. The smallest absolute Gasteiger partial charge is 0.328 e. The van der Waals surface area contributed by atoms with E-state index >= 15 is 0 Å². The summed E-state index contributed by atoms with van der Waals surface area (Å²) in [7, 11) is 1.27. The summed E-state index contributed by atoms with van der Waals surface area (Å²) in [4.78, 5) is 24.3. The van der Waals surface area contributed by atoms with Gasteiger partial charge in [-0.05, 0) is 36.8 Å². The highest BCUT2D eigenvalue weighted by molar-refractivity contribution is 5.87. The van der Waals surface area contributed by atoms with Crippen molar-refractivity contribution in [2.24, 2.45) is 0 Å². The molecule has 0 fully saturated rings. The van der Waals surface area contributed by atoms with Crippen LogP contribution in [0.5, 0.6) is 5.75 Å². The molecule has 0 aliphatic carbocycles. The minimum absolute atomic E-state index is 0.308. The summed E-state index contributed by atoms with van der Waals surface area (Å²) < 4.78 is 23.1. The lowest BCUT2D eigenvalue weighted by molar-refractivity contribution is -0.145. The van der Waals surface area contributed by atoms with Crippen LogP contribution in [0.4, 0.5) is 4.39 Å². The number of rotatable bonds is 7. The van der Waals surface area contributed by atoms with Gasteiger partial charge in [0.15, 0.2) is 6.10 Å². The maximum atomic E-state index is 12.9. The van der Waals surface area contributed by atoms with E-state index in [1.165, 1.54) is 31.4 Å². The molecule has 0 bridgehead atoms. The highest BCUT2D eigenvalue weighted by atomic mass is 19.1. The fourth-order valence-corrected chi connectivity index (χ4v) is 2.25. The molecule has 132 valence electrons. The zero-order chi connectivity index (χ0) is 18.2. The van der Waals surface area contributed by atoms with Gasteiger partial charge in [-0.15, -0.1) is 0 Å². The van der Waals surface area contributed by atoms with Crippen LogP contribution in [-0.2, 0) is 20.7 Å². The van der Waals surface area contributed by atoms with Gasteiger partial charge in [0.25, 0.3) is 5.91 Å². The number of carbonyl (C=O) groups excluding carboxylic acids is 2. The van der Waals surface area contributed by atoms with E-state index < -0.39 is 29.8 Å². The summed E-state index contributed by atoms with van der Waals surface area (Å²) in [6.45, 7) is 1.55. The van der Waals surface area contributed by atoms with Crippen molar-refractivity contribution < 1.29 is 23.5 Å². The van der Waals surface area contributed by atoms with Gasteiger partial charge in [0.1, 0.15) is 17.6 Å². The summed E-state index contributed by atoms with van der Waals surface area (Å²) in [5.74, 6) is -1.03. The second-order valence-corrected chi connectivity index (χ2v) is 5.49. The lowest BCUT2D eigenvalue weighted by Crippen LogP contribution is -2.47. The zero-order valence-corrected chi connectivity index (χ0v) is 14.1. The van der Waals surface area contributed by atoms with Crippen LogP contribution in [0.15, 0.2) is 54.6 Å². The SMILES string of the molecule is COC(=O)[C@@H](Cc1ccccc1)NC(=O)[C@@H](C)Oc1ccc(F)cc1. The van der Waals surface area contributed by atoms with Crippen LogP contribution >= 0.6 is 0 Å². The molecule has 0 radical (unpaired) electrons. The van der Waals surface area contributed by atoms with Crippen molar-refractivity contribution in [3.05, 3.63) is 66.0 Å². The van der Waals surface area contributed by atoms with Gasteiger partial charge in [-0.3, -0.25) is 4.79 Å². The first-order chi connectivity index (χ1) is 12.0. The Labute approximate surface area is 145 Å². The third kappa shape index (κ3) is 5.60. The quantitative estimate of drug-likeness (QED) is 0.783. The lowest BCUT2D eigenvalue weighted by atomic mass is 10.1. The highest BCUT2D eigenvalue weighted by Crippen LogP contribution is 2.13. The Bertz CT molecular complexity index is 703. The molecule has 2 aromatic carbocycles. The van der Waals surface area contributed by atoms with Crippen molar-refractivity contribution in [2.75, 3.05) is 7.11 Å². The summed E-state index contributed by atoms with van der Waals surface area (Å²) in [5.41, 5.74) is 0.894. The Hall–Kier alpha value is -2.89. The summed E-state index contributed by atoms with van der Waals surface area (Å²) >= 11 is 0. The average Bonchev–Trinajstić information content (AvgIpc) is 2.63. The van der Waals surface area contributed by atoms with Gasteiger partial charge in [-0.2, -0.15) is 0 Å². The van der Waals surface area contributed by atoms with Crippen molar-refractivity contribution in [1.82, 2.24) is 5.32 Å². The van der Waals surface area contributed by atoms with E-state index in [-0.39, 0.29) is 0 Å². The van der Waals surface area contributed by atoms with Crippen molar-refractivity contribution >= 4 is 11.9 Å². The second-order valence-electron chi connectivity index (χ2n) is 5.49. The predicted octanol–water partition coefficient (Wildman–Crippen LogP) is 2.49. The molecule has 25 heavy (non-hydrogen) atoms. The van der Waals surface area contributed by atoms with Crippen molar-refractivity contribution in [3.8, 4) is 5.75 Å². The van der Waals surface area contributed by atoms with E-state index in [0.29, 0.717) is 12.2 Å². The van der Waals surface area contributed by atoms with E-state index in [1.54, 1.807) is 6.92 Å². The number of halogens is 1. The Kier molecular flexibility index (Phi) is 6.51. The number of hydrogen-bond acceptors (Lipinski definition) is 4. The van der Waals surface area contributed by atoms with E-state index in [0.717, 1.165) is 5.56 Å². The molecular weight excluding hydrogens is 325 g/mol. The number of methoxy groups -OCH3 is 1. The molecule has 5 nitrogen and oxygen atoms in total. The molecule has 0 spiro atoms. The van der Waals surface area contributed by atoms with Crippen LogP contribution in [0.1, 0.15) is 12.5 Å². The Morgan fingerprint density at radius 2 is 1.72 bits per heavy atom. The van der Waals surface area contributed by atoms with E-state index in [2.05, 4.69) is 5.32 Å². The molecule has 0 aromatic heterocycles. The van der Waals surface area contributed by atoms with Crippen LogP contribution < -0.4 is 10.1 Å². The van der Waals surface area contributed by atoms with Crippen LogP contribution in [0.25, 0.3) is 0 Å². The fraction of sp³-hybridized carbons (Fsp3) is 0.263. The molecule has 0 aliphatic heterocycles. The topological polar surface area (TPSA) is 64.6 Å². The zero-order valence-electron chi connectivity index (χ0n) is 14.1. The molecular formula is C19H20FNO4. The number of esters is 1. The van der Waals surface area contributed by atoms with Crippen LogP contribution in [0.2, 0.25) is 0 Å². The molecule has 0 aliphatic rings. The van der Waals surface area contributed by atoms with Crippen LogP contribution in [0.3, 0.4) is 0 Å². The fourth-order valence-electron chi connectivity index (χ4n) is 2.25. The number of ether oxygens (including phenoxy) is 2. The third-order valence-electron chi connectivity index (χ3n) is 3.58. The normalized spacial score (nSPS) is 12.8. The second kappa shape index (κ2) is 8.82. The summed E-state index contributed by atoms with van der Waals surface area (Å²) in [6, 6.07) is 13.8. The molecule has 0 unspecified atom stereocenters. The van der Waals surface area contributed by atoms with E-state index in [4.69, 9.17) is 9.47 Å². The molecule has 6 heteroatoms. The molecule has 0 heterocycles. The Balaban J connectivity index is 2.00. The number of carbonyl (C=O) groups is 2. The Morgan fingerprint density at radius 3 is 2.32 bits per heavy atom. The standard InChI is InChI=1S/C19H20FNO4/c1-13(25-16-10-8-15(20)9-11-16)18(22)21-17(19(23)24-2)12-14-6-4-3-5-7-14/h3-11,13,17H,12H2,1-2H3,(H,21,22)/t13-,17-/m1/s1. The van der Waals surface area contributed by atoms with E-state index in [1.807, 2.05) is 30.3 Å². The molecule has 1 N–H and O–H groups in total. The van der Waals surface area contributed by atoms with E-state index in [9.17, 15) is 14.0 Å². The van der Waals surface area contributed by atoms with Gasteiger partial charge in [-0.25, -0.2) is 9.18 Å². The third-order valence-corrected chi connectivity index (χ3v) is 3.58. The lowest BCUT2D eigenvalue weighted by Gasteiger charge is -2.20. The van der Waals surface area contributed by atoms with Gasteiger partial charge >= 0.3 is 5.97 Å². The van der Waals surface area contributed by atoms with Gasteiger partial charge < -0.3 is 14.8 Å². The van der Waals surface area contributed by atoms with Gasteiger partial charge in [0, 0.05) is 6.42 Å². The monoisotopic (exact) mass is 345 g/mol. The number of benzene rings is 2. The minimum atomic E-state index is -0.853. The van der Waals surface area contributed by atoms with Crippen molar-refractivity contribution in [2.45, 2.75) is 25.5 Å².